The minimum Gasteiger partial charge on any atom is -0.481 e. The Balaban J connectivity index is 2.00. The van der Waals surface area contributed by atoms with Crippen LogP contribution in [0.4, 0.5) is 18.9 Å². The molecular weight excluding hydrogens is 435 g/mol. The number of nitrogens with one attached hydrogen (secondary N) is 1. The maximum absolute atomic E-state index is 13.6. The highest BCUT2D eigenvalue weighted by Crippen LogP contribution is 2.33. The number of anilines is 1. The fourth-order valence-corrected chi connectivity index (χ4v) is 3.74. The van der Waals surface area contributed by atoms with Gasteiger partial charge in [-0.1, -0.05) is 19.6 Å². The van der Waals surface area contributed by atoms with E-state index >= 15 is 0 Å². The van der Waals surface area contributed by atoms with Crippen LogP contribution in [0.5, 0.6) is 0 Å². The Hall–Kier alpha value is -1.92. The van der Waals surface area contributed by atoms with Gasteiger partial charge in [0.25, 0.3) is 5.56 Å². The molecule has 0 spiro atoms. The Kier molecular flexibility index (Phi) is 8.28. The van der Waals surface area contributed by atoms with Gasteiger partial charge in [-0.05, 0) is 25.8 Å². The number of rotatable bonds is 11. The standard InChI is InChI=1S/C19H30F3N3O5Si/c1-12(10-30-14-7-13(8-14)18(27)28)24-15-9-23-25(11-29-5-6-31(2,3)4)17(26)16(15)19(20,21)22/h9,12-14,24H,5-8,10-11H2,1-4H3,(H,27,28)/t12-,13?,14?/m0/s1. The molecule has 1 heterocycles. The van der Waals surface area contributed by atoms with Crippen molar-refractivity contribution in [3.05, 3.63) is 22.1 Å². The van der Waals surface area contributed by atoms with Crippen molar-refractivity contribution in [3.8, 4) is 0 Å². The number of carboxylic acids is 1. The van der Waals surface area contributed by atoms with Crippen molar-refractivity contribution in [3.63, 3.8) is 0 Å². The van der Waals surface area contributed by atoms with E-state index in [1.807, 2.05) is 0 Å². The molecule has 31 heavy (non-hydrogen) atoms. The number of halogens is 3. The lowest BCUT2D eigenvalue weighted by atomic mass is 9.82. The van der Waals surface area contributed by atoms with Crippen LogP contribution in [0.1, 0.15) is 25.3 Å². The van der Waals surface area contributed by atoms with Gasteiger partial charge in [-0.3, -0.25) is 9.59 Å². The van der Waals surface area contributed by atoms with Crippen molar-refractivity contribution in [2.75, 3.05) is 18.5 Å². The Morgan fingerprint density at radius 1 is 1.39 bits per heavy atom. The van der Waals surface area contributed by atoms with Crippen molar-refractivity contribution in [1.82, 2.24) is 9.78 Å². The maximum Gasteiger partial charge on any atom is 0.423 e. The molecule has 1 aliphatic rings. The Morgan fingerprint density at radius 3 is 2.58 bits per heavy atom. The van der Waals surface area contributed by atoms with Crippen LogP contribution in [0, 0.1) is 5.92 Å². The molecule has 1 fully saturated rings. The van der Waals surface area contributed by atoms with E-state index in [2.05, 4.69) is 30.1 Å². The molecule has 2 rings (SSSR count). The number of alkyl halides is 3. The number of aliphatic carboxylic acids is 1. The molecular formula is C19H30F3N3O5Si. The van der Waals surface area contributed by atoms with E-state index in [4.69, 9.17) is 14.6 Å². The van der Waals surface area contributed by atoms with Crippen LogP contribution >= 0.6 is 0 Å². The molecule has 1 aromatic heterocycles. The molecule has 176 valence electrons. The average Bonchev–Trinajstić information content (AvgIpc) is 2.56. The van der Waals surface area contributed by atoms with E-state index in [0.29, 0.717) is 24.1 Å². The first-order valence-electron chi connectivity index (χ1n) is 10.1. The monoisotopic (exact) mass is 465 g/mol. The van der Waals surface area contributed by atoms with E-state index in [1.54, 1.807) is 6.92 Å². The van der Waals surface area contributed by atoms with E-state index < -0.39 is 49.0 Å². The summed E-state index contributed by atoms with van der Waals surface area (Å²) in [5.74, 6) is -1.31. The molecule has 0 amide bonds. The number of ether oxygens (including phenoxy) is 2. The summed E-state index contributed by atoms with van der Waals surface area (Å²) < 4.78 is 52.3. The molecule has 2 N–H and O–H groups in total. The zero-order chi connectivity index (χ0) is 23.4. The molecule has 0 bridgehead atoms. The summed E-state index contributed by atoms with van der Waals surface area (Å²) in [6, 6.07) is 0.272. The van der Waals surface area contributed by atoms with Gasteiger partial charge in [0.15, 0.2) is 0 Å². The second kappa shape index (κ2) is 10.1. The third kappa shape index (κ3) is 7.61. The van der Waals surface area contributed by atoms with Crippen molar-refractivity contribution < 1.29 is 32.5 Å². The summed E-state index contributed by atoms with van der Waals surface area (Å²) >= 11 is 0. The van der Waals surface area contributed by atoms with Gasteiger partial charge in [-0.25, -0.2) is 4.68 Å². The minimum absolute atomic E-state index is 0.0667. The first kappa shape index (κ1) is 25.3. The first-order chi connectivity index (χ1) is 14.3. The average molecular weight is 466 g/mol. The van der Waals surface area contributed by atoms with Gasteiger partial charge in [0, 0.05) is 20.7 Å². The molecule has 1 saturated carbocycles. The molecule has 0 saturated heterocycles. The van der Waals surface area contributed by atoms with Crippen molar-refractivity contribution in [1.29, 1.82) is 0 Å². The molecule has 8 nitrogen and oxygen atoms in total. The van der Waals surface area contributed by atoms with Gasteiger partial charge in [0.2, 0.25) is 0 Å². The minimum atomic E-state index is -4.87. The van der Waals surface area contributed by atoms with Crippen LogP contribution in [-0.4, -0.2) is 54.3 Å². The summed E-state index contributed by atoms with van der Waals surface area (Å²) in [5, 5.41) is 15.3. The predicted molar refractivity (Wildman–Crippen MR) is 111 cm³/mol. The Labute approximate surface area is 179 Å². The molecule has 0 aliphatic heterocycles. The van der Waals surface area contributed by atoms with E-state index in [1.165, 1.54) is 0 Å². The molecule has 0 unspecified atom stereocenters. The quantitative estimate of drug-likeness (QED) is 0.382. The zero-order valence-corrected chi connectivity index (χ0v) is 19.2. The van der Waals surface area contributed by atoms with Crippen LogP contribution in [-0.2, 0) is 27.2 Å². The highest BCUT2D eigenvalue weighted by Gasteiger charge is 2.39. The van der Waals surface area contributed by atoms with Crippen LogP contribution in [0.3, 0.4) is 0 Å². The number of nitrogens with zero attached hydrogens (tertiary/aromatic N) is 2. The van der Waals surface area contributed by atoms with Crippen molar-refractivity contribution >= 4 is 19.7 Å². The van der Waals surface area contributed by atoms with Gasteiger partial charge in [-0.2, -0.15) is 18.3 Å². The van der Waals surface area contributed by atoms with Crippen LogP contribution in [0.25, 0.3) is 0 Å². The van der Waals surface area contributed by atoms with Crippen molar-refractivity contribution in [2.24, 2.45) is 5.92 Å². The van der Waals surface area contributed by atoms with E-state index in [-0.39, 0.29) is 19.4 Å². The second-order valence-electron chi connectivity index (χ2n) is 9.09. The molecule has 1 aliphatic carbocycles. The number of aromatic nitrogens is 2. The summed E-state index contributed by atoms with van der Waals surface area (Å²) in [6.45, 7) is 8.10. The lowest BCUT2D eigenvalue weighted by molar-refractivity contribution is -0.151. The summed E-state index contributed by atoms with van der Waals surface area (Å²) in [7, 11) is -1.37. The van der Waals surface area contributed by atoms with Crippen LogP contribution < -0.4 is 10.9 Å². The smallest absolute Gasteiger partial charge is 0.423 e. The normalized spacial score (nSPS) is 20.2. The highest BCUT2D eigenvalue weighted by molar-refractivity contribution is 6.76. The third-order valence-corrected chi connectivity index (χ3v) is 6.67. The SMILES string of the molecule is C[C@@H](COC1CC(C(=O)O)C1)Nc1cnn(COCC[Si](C)(C)C)c(=O)c1C(F)(F)F. The third-order valence-electron chi connectivity index (χ3n) is 4.97. The maximum atomic E-state index is 13.6. The predicted octanol–water partition coefficient (Wildman–Crippen LogP) is 3.25. The van der Waals surface area contributed by atoms with Gasteiger partial charge in [-0.15, -0.1) is 0 Å². The number of hydrogen-bond acceptors (Lipinski definition) is 6. The summed E-state index contributed by atoms with van der Waals surface area (Å²) in [6.07, 6.45) is -3.37. The lowest BCUT2D eigenvalue weighted by Crippen LogP contribution is -2.39. The molecule has 1 atom stereocenters. The molecule has 12 heteroatoms. The number of hydrogen-bond donors (Lipinski definition) is 2. The van der Waals surface area contributed by atoms with Crippen LogP contribution in [0.15, 0.2) is 11.0 Å². The molecule has 1 aromatic rings. The van der Waals surface area contributed by atoms with Gasteiger partial charge in [0.05, 0.1) is 30.5 Å². The van der Waals surface area contributed by atoms with Gasteiger partial charge >= 0.3 is 12.1 Å². The zero-order valence-electron chi connectivity index (χ0n) is 18.2. The lowest BCUT2D eigenvalue weighted by Gasteiger charge is -2.33. The largest absolute Gasteiger partial charge is 0.481 e. The van der Waals surface area contributed by atoms with Gasteiger partial charge < -0.3 is 19.9 Å². The molecule has 0 aromatic carbocycles. The number of carbonyl (C=O) groups is 1. The van der Waals surface area contributed by atoms with Gasteiger partial charge in [0.1, 0.15) is 12.3 Å². The van der Waals surface area contributed by atoms with Crippen LogP contribution in [0.2, 0.25) is 25.7 Å². The fourth-order valence-electron chi connectivity index (χ4n) is 2.98. The number of carboxylic acid groups (broad SMARTS) is 1. The second-order valence-corrected chi connectivity index (χ2v) is 14.7. The topological polar surface area (TPSA) is 103 Å². The Morgan fingerprint density at radius 2 is 2.03 bits per heavy atom. The Bertz CT molecular complexity index is 819. The first-order valence-corrected chi connectivity index (χ1v) is 13.8. The van der Waals surface area contributed by atoms with Crippen molar-refractivity contribution in [2.45, 2.75) is 70.5 Å². The highest BCUT2D eigenvalue weighted by atomic mass is 28.3. The molecule has 0 radical (unpaired) electrons. The fraction of sp³-hybridized carbons (Fsp3) is 0.737. The summed E-state index contributed by atoms with van der Waals surface area (Å²) in [4.78, 5) is 23.2. The van der Waals surface area contributed by atoms with E-state index in [0.717, 1.165) is 12.2 Å². The summed E-state index contributed by atoms with van der Waals surface area (Å²) in [5.41, 5.74) is -3.04. The van der Waals surface area contributed by atoms with E-state index in [9.17, 15) is 22.8 Å².